The number of hydrogen-bond acceptors (Lipinski definition) is 4. The van der Waals surface area contributed by atoms with Crippen molar-refractivity contribution in [1.29, 1.82) is 0 Å². The van der Waals surface area contributed by atoms with Crippen LogP contribution >= 0.6 is 0 Å². The molecule has 7 nitrogen and oxygen atoms in total. The van der Waals surface area contributed by atoms with E-state index in [2.05, 4.69) is 0 Å². The summed E-state index contributed by atoms with van der Waals surface area (Å²) in [6, 6.07) is 10.5. The minimum absolute atomic E-state index is 0. The summed E-state index contributed by atoms with van der Waals surface area (Å²) in [6.45, 7) is 0. The van der Waals surface area contributed by atoms with Crippen molar-refractivity contribution in [2.75, 3.05) is 0 Å². The van der Waals surface area contributed by atoms with Crippen LogP contribution < -0.4 is 10.3 Å². The van der Waals surface area contributed by atoms with Crippen molar-refractivity contribution < 1.29 is 88.1 Å². The number of hydrogen-bond donors (Lipinski definition) is 1. The Morgan fingerprint density at radius 2 is 1.61 bits per heavy atom. The van der Waals surface area contributed by atoms with Gasteiger partial charge in [-0.05, 0) is 24.3 Å². The normalized spacial score (nSPS) is 11.2. The molecule has 2 aromatic carbocycles. The number of nitrogens with zero attached hydrogens (tertiary/aromatic N) is 1. The number of pyridine rings is 1. The first-order valence-corrected chi connectivity index (χ1v) is 7.10. The Bertz CT molecular complexity index is 1130. The van der Waals surface area contributed by atoms with Gasteiger partial charge in [-0.1, -0.05) is 18.2 Å². The van der Waals surface area contributed by atoms with Crippen LogP contribution in [-0.2, 0) is 0 Å². The summed E-state index contributed by atoms with van der Waals surface area (Å²) in [5.74, 6) is -2.96. The third-order valence-corrected chi connectivity index (χ3v) is 3.94. The molecular formula is C17H12EuF3NO6. The van der Waals surface area contributed by atoms with E-state index in [9.17, 15) is 27.9 Å². The standard InChI is InChI=1S/C17H8F3NO4.Eu.2H2O/c18-17(19,20)15(23)12-14(22)8-4-3-7-11-13(8)21(16(12)24)9-5-1-2-6-10(9)25-11;;;/h1-7,22H;;2*1H2. The summed E-state index contributed by atoms with van der Waals surface area (Å²) in [5, 5.41) is 10.1. The number of halogens is 3. The van der Waals surface area contributed by atoms with Gasteiger partial charge in [0.2, 0.25) is 0 Å². The van der Waals surface area contributed by atoms with E-state index in [1.165, 1.54) is 24.3 Å². The molecule has 0 atom stereocenters. The number of aromatic nitrogens is 1. The van der Waals surface area contributed by atoms with Crippen molar-refractivity contribution >= 4 is 16.7 Å². The second-order valence-corrected chi connectivity index (χ2v) is 5.41. The maximum atomic E-state index is 12.9. The van der Waals surface area contributed by atoms with E-state index in [4.69, 9.17) is 4.74 Å². The van der Waals surface area contributed by atoms with Gasteiger partial charge in [0, 0.05) is 54.8 Å². The quantitative estimate of drug-likeness (QED) is 0.373. The molecule has 1 aliphatic heterocycles. The molecule has 28 heavy (non-hydrogen) atoms. The Hall–Kier alpha value is -1.79. The monoisotopic (exact) mass is 536 g/mol. The van der Waals surface area contributed by atoms with Crippen LogP contribution in [0.2, 0.25) is 0 Å². The number of para-hydroxylation sites is 3. The van der Waals surface area contributed by atoms with Gasteiger partial charge in [-0.15, -0.1) is 0 Å². The van der Waals surface area contributed by atoms with E-state index >= 15 is 0 Å². The Kier molecular flexibility index (Phi) is 7.19. The number of ketones is 1. The first kappa shape index (κ1) is 24.3. The minimum atomic E-state index is -5.29. The van der Waals surface area contributed by atoms with Crippen LogP contribution in [0.3, 0.4) is 0 Å². The molecule has 5 N–H and O–H groups in total. The number of fused-ring (bicyclic) bond motifs is 2. The number of alkyl halides is 3. The topological polar surface area (TPSA) is 132 Å². The second kappa shape index (κ2) is 8.30. The van der Waals surface area contributed by atoms with Gasteiger partial charge >= 0.3 is 6.18 Å². The Balaban J connectivity index is 0.00000131. The molecule has 149 valence electrons. The zero-order chi connectivity index (χ0) is 17.9. The van der Waals surface area contributed by atoms with Gasteiger partial charge in [0.25, 0.3) is 11.3 Å². The van der Waals surface area contributed by atoms with Gasteiger partial charge in [0.05, 0.1) is 5.69 Å². The molecule has 0 spiro atoms. The summed E-state index contributed by atoms with van der Waals surface area (Å²) in [5.41, 5.74) is -2.28. The predicted molar refractivity (Wildman–Crippen MR) is 88.9 cm³/mol. The molecule has 1 aliphatic rings. The molecule has 11 heteroatoms. The molecule has 1 aromatic heterocycles. The summed E-state index contributed by atoms with van der Waals surface area (Å²) in [6.07, 6.45) is -5.29. The van der Waals surface area contributed by atoms with E-state index < -0.39 is 28.8 Å². The van der Waals surface area contributed by atoms with Gasteiger partial charge < -0.3 is 20.8 Å². The molecule has 0 bridgehead atoms. The molecule has 0 unspecified atom stereocenters. The Morgan fingerprint density at radius 1 is 1.00 bits per heavy atom. The Morgan fingerprint density at radius 3 is 2.25 bits per heavy atom. The molecule has 0 saturated heterocycles. The van der Waals surface area contributed by atoms with Crippen molar-refractivity contribution in [1.82, 2.24) is 4.57 Å². The van der Waals surface area contributed by atoms with Crippen LogP contribution in [0.4, 0.5) is 13.2 Å². The van der Waals surface area contributed by atoms with Gasteiger partial charge in [-0.3, -0.25) is 14.2 Å². The minimum Gasteiger partial charge on any atom is -0.506 e. The number of aromatic hydroxyl groups is 1. The Labute approximate surface area is 195 Å². The molecule has 0 amide bonds. The third kappa shape index (κ3) is 3.48. The SMILES string of the molecule is O.O.O=C(c1c(O)c2cccc3c2n(c1=O)-c1ccccc1O3)C(F)(F)F.[Eu]. The number of carbonyl (C=O) groups is 1. The van der Waals surface area contributed by atoms with Crippen molar-refractivity contribution in [2.45, 2.75) is 6.18 Å². The maximum Gasteiger partial charge on any atom is 0.455 e. The molecule has 0 aliphatic carbocycles. The molecule has 3 aromatic rings. The van der Waals surface area contributed by atoms with E-state index in [1.54, 1.807) is 18.2 Å². The fraction of sp³-hybridized carbons (Fsp3) is 0.0588. The predicted octanol–water partition coefficient (Wildman–Crippen LogP) is 1.90. The average molecular weight is 535 g/mol. The molecular weight excluding hydrogens is 523 g/mol. The summed E-state index contributed by atoms with van der Waals surface area (Å²) >= 11 is 0. The van der Waals surface area contributed by atoms with Gasteiger partial charge in [-0.2, -0.15) is 13.2 Å². The zero-order valence-corrected chi connectivity index (χ0v) is 16.1. The largest absolute Gasteiger partial charge is 0.506 e. The number of carbonyl (C=O) groups excluding carboxylic acids is 1. The van der Waals surface area contributed by atoms with Crippen molar-refractivity contribution in [3.8, 4) is 22.9 Å². The first-order chi connectivity index (χ1) is 11.8. The van der Waals surface area contributed by atoms with Crippen LogP contribution in [0.1, 0.15) is 10.4 Å². The van der Waals surface area contributed by atoms with Crippen LogP contribution in [0.25, 0.3) is 16.6 Å². The first-order valence-electron chi connectivity index (χ1n) is 7.10. The summed E-state index contributed by atoms with van der Waals surface area (Å²) in [7, 11) is 0. The third-order valence-electron chi connectivity index (χ3n) is 3.94. The summed E-state index contributed by atoms with van der Waals surface area (Å²) in [4.78, 5) is 24.4. The van der Waals surface area contributed by atoms with Gasteiger partial charge in [0.15, 0.2) is 11.5 Å². The van der Waals surface area contributed by atoms with Crippen LogP contribution in [0.5, 0.6) is 17.2 Å². The molecule has 1 radical (unpaired) electrons. The molecule has 4 rings (SSSR count). The molecule has 0 saturated carbocycles. The maximum absolute atomic E-state index is 12.9. The average Bonchev–Trinajstić information content (AvgIpc) is 2.57. The number of rotatable bonds is 1. The van der Waals surface area contributed by atoms with Crippen molar-refractivity contribution in [2.24, 2.45) is 0 Å². The zero-order valence-electron chi connectivity index (χ0n) is 13.7. The van der Waals surface area contributed by atoms with Crippen LogP contribution in [-0.4, -0.2) is 32.6 Å². The fourth-order valence-corrected chi connectivity index (χ4v) is 2.90. The van der Waals surface area contributed by atoms with Gasteiger partial charge in [0.1, 0.15) is 16.8 Å². The number of ether oxygens (including phenoxy) is 1. The smallest absolute Gasteiger partial charge is 0.455 e. The van der Waals surface area contributed by atoms with Crippen molar-refractivity contribution in [3.63, 3.8) is 0 Å². The summed E-state index contributed by atoms with van der Waals surface area (Å²) < 4.78 is 45.3. The molecule has 2 heterocycles. The van der Waals surface area contributed by atoms with E-state index in [0.717, 1.165) is 4.57 Å². The molecule has 0 fully saturated rings. The van der Waals surface area contributed by atoms with Gasteiger partial charge in [-0.25, -0.2) is 0 Å². The van der Waals surface area contributed by atoms with Crippen LogP contribution in [0, 0.1) is 49.4 Å². The second-order valence-electron chi connectivity index (χ2n) is 5.41. The van der Waals surface area contributed by atoms with Crippen molar-refractivity contribution in [3.05, 3.63) is 58.4 Å². The van der Waals surface area contributed by atoms with E-state index in [1.807, 2.05) is 0 Å². The van der Waals surface area contributed by atoms with Crippen LogP contribution in [0.15, 0.2) is 47.3 Å². The fourth-order valence-electron chi connectivity index (χ4n) is 2.90. The number of benzene rings is 2. The van der Waals surface area contributed by atoms with E-state index in [0.29, 0.717) is 0 Å². The number of Topliss-reactive ketones (excluding diaryl/α,β-unsaturated/α-hetero) is 1. The van der Waals surface area contributed by atoms with E-state index in [-0.39, 0.29) is 88.4 Å².